The number of imide groups is 1. The van der Waals surface area contributed by atoms with Gasteiger partial charge in [0.25, 0.3) is 0 Å². The molecular weight excluding hydrogens is 310 g/mol. The van der Waals surface area contributed by atoms with Crippen molar-refractivity contribution in [3.63, 3.8) is 0 Å². The number of esters is 1. The van der Waals surface area contributed by atoms with Crippen LogP contribution in [0.1, 0.15) is 27.2 Å². The average molecular weight is 334 g/mol. The number of carboxylic acid groups (broad SMARTS) is 1. The standard InChI is InChI=1S/C14H23NO6S/c1-4-20-12(16)7-21-11-5-10(3)15(6-11,14(18)19)13(17)9(2)8-22/h9-11H,4-8H2,1-3H3,(H-,18,19,22)/p+1/t9-,10-,11+,15-/m1/s1. The molecule has 0 aromatic heterocycles. The molecule has 1 aliphatic rings. The van der Waals surface area contributed by atoms with Crippen LogP contribution in [0.25, 0.3) is 0 Å². The minimum Gasteiger partial charge on any atom is -0.464 e. The van der Waals surface area contributed by atoms with E-state index in [0.29, 0.717) is 6.42 Å². The summed E-state index contributed by atoms with van der Waals surface area (Å²) in [5.74, 6) is -1.05. The van der Waals surface area contributed by atoms with E-state index in [-0.39, 0.29) is 31.4 Å². The second-order valence-corrected chi connectivity index (χ2v) is 5.94. The van der Waals surface area contributed by atoms with Crippen LogP contribution in [-0.4, -0.2) is 65.2 Å². The Hall–Kier alpha value is -1.12. The van der Waals surface area contributed by atoms with Crippen molar-refractivity contribution in [3.05, 3.63) is 0 Å². The Bertz CT molecular complexity index is 443. The monoisotopic (exact) mass is 334 g/mol. The Morgan fingerprint density at radius 2 is 2.05 bits per heavy atom. The summed E-state index contributed by atoms with van der Waals surface area (Å²) in [5, 5.41) is 9.61. The molecule has 1 aliphatic heterocycles. The Balaban J connectivity index is 2.82. The van der Waals surface area contributed by atoms with Crippen molar-refractivity contribution in [2.24, 2.45) is 5.92 Å². The molecule has 0 spiro atoms. The minimum absolute atomic E-state index is 0.0207. The summed E-state index contributed by atoms with van der Waals surface area (Å²) >= 11 is 4.08. The van der Waals surface area contributed by atoms with Gasteiger partial charge in [-0.2, -0.15) is 21.9 Å². The van der Waals surface area contributed by atoms with Gasteiger partial charge in [0.15, 0.2) is 0 Å². The fourth-order valence-electron chi connectivity index (χ4n) is 2.78. The third-order valence-electron chi connectivity index (χ3n) is 4.02. The summed E-state index contributed by atoms with van der Waals surface area (Å²) in [6, 6.07) is -0.417. The number of rotatable bonds is 6. The minimum atomic E-state index is -1.19. The maximum atomic E-state index is 12.5. The first-order valence-electron chi connectivity index (χ1n) is 7.33. The van der Waals surface area contributed by atoms with Gasteiger partial charge in [0.1, 0.15) is 25.3 Å². The van der Waals surface area contributed by atoms with Gasteiger partial charge in [-0.3, -0.25) is 0 Å². The molecule has 1 fully saturated rings. The lowest BCUT2D eigenvalue weighted by Crippen LogP contribution is -2.61. The van der Waals surface area contributed by atoms with Gasteiger partial charge in [-0.1, -0.05) is 0 Å². The predicted molar refractivity (Wildman–Crippen MR) is 81.6 cm³/mol. The van der Waals surface area contributed by atoms with E-state index in [4.69, 9.17) is 9.47 Å². The number of hydrogen-bond donors (Lipinski definition) is 2. The van der Waals surface area contributed by atoms with Gasteiger partial charge in [-0.05, 0) is 20.8 Å². The van der Waals surface area contributed by atoms with Gasteiger partial charge in [-0.25, -0.2) is 9.59 Å². The first-order valence-corrected chi connectivity index (χ1v) is 7.96. The lowest BCUT2D eigenvalue weighted by molar-refractivity contribution is -0.795. The zero-order chi connectivity index (χ0) is 16.9. The summed E-state index contributed by atoms with van der Waals surface area (Å²) in [6.07, 6.45) is -1.25. The van der Waals surface area contributed by atoms with Crippen LogP contribution in [0.5, 0.6) is 0 Å². The van der Waals surface area contributed by atoms with Gasteiger partial charge in [0.05, 0.1) is 12.5 Å². The third-order valence-corrected chi connectivity index (χ3v) is 4.57. The molecule has 4 atom stereocenters. The SMILES string of the molecule is CCOC(=O)CO[C@H]1C[C@@H](C)[N@@+](C(=O)O)(C(=O)[C@H](C)CS)C1. The highest BCUT2D eigenvalue weighted by Gasteiger charge is 2.57. The molecule has 1 rings (SSSR count). The van der Waals surface area contributed by atoms with Gasteiger partial charge < -0.3 is 14.6 Å². The van der Waals surface area contributed by atoms with E-state index >= 15 is 0 Å². The zero-order valence-corrected chi connectivity index (χ0v) is 14.0. The number of nitrogens with zero attached hydrogens (tertiary/aromatic N) is 1. The number of hydrogen-bond acceptors (Lipinski definition) is 6. The molecular formula is C14H24NO6S+. The number of likely N-dealkylation sites (tertiary alicyclic amines) is 1. The van der Waals surface area contributed by atoms with Gasteiger partial charge >= 0.3 is 18.0 Å². The smallest absolute Gasteiger partial charge is 0.464 e. The summed E-state index contributed by atoms with van der Waals surface area (Å²) in [6.45, 7) is 5.12. The first kappa shape index (κ1) is 18.9. The molecule has 1 N–H and O–H groups in total. The largest absolute Gasteiger partial charge is 0.521 e. The molecule has 0 unspecified atom stereocenters. The Morgan fingerprint density at radius 1 is 1.41 bits per heavy atom. The summed E-state index contributed by atoms with van der Waals surface area (Å²) in [4.78, 5) is 35.6. The molecule has 0 bridgehead atoms. The van der Waals surface area contributed by atoms with E-state index in [1.165, 1.54) is 0 Å². The molecule has 0 saturated carbocycles. The quantitative estimate of drug-likeness (QED) is 0.432. The fourth-order valence-corrected chi connectivity index (χ4v) is 2.94. The number of carbonyl (C=O) groups excluding carboxylic acids is 2. The van der Waals surface area contributed by atoms with Crippen LogP contribution in [0.2, 0.25) is 0 Å². The van der Waals surface area contributed by atoms with Gasteiger partial charge in [0, 0.05) is 12.2 Å². The molecule has 126 valence electrons. The first-order chi connectivity index (χ1) is 10.3. The number of thiol groups is 1. The van der Waals surface area contributed by atoms with Crippen LogP contribution in [0.15, 0.2) is 0 Å². The Kier molecular flexibility index (Phi) is 6.83. The molecule has 1 heterocycles. The number of ether oxygens (including phenoxy) is 2. The van der Waals surface area contributed by atoms with E-state index in [9.17, 15) is 19.5 Å². The van der Waals surface area contributed by atoms with Crippen molar-refractivity contribution in [3.8, 4) is 0 Å². The van der Waals surface area contributed by atoms with E-state index in [2.05, 4.69) is 12.6 Å². The van der Waals surface area contributed by atoms with Crippen molar-refractivity contribution < 1.29 is 33.4 Å². The normalized spacial score (nSPS) is 29.1. The van der Waals surface area contributed by atoms with Crippen LogP contribution >= 0.6 is 12.6 Å². The second kappa shape index (κ2) is 7.94. The van der Waals surface area contributed by atoms with Crippen molar-refractivity contribution in [1.29, 1.82) is 0 Å². The van der Waals surface area contributed by atoms with Crippen molar-refractivity contribution in [1.82, 2.24) is 0 Å². The molecule has 22 heavy (non-hydrogen) atoms. The van der Waals surface area contributed by atoms with E-state index in [0.717, 1.165) is 0 Å². The van der Waals surface area contributed by atoms with Crippen LogP contribution in [0.3, 0.4) is 0 Å². The molecule has 0 aromatic carbocycles. The van der Waals surface area contributed by atoms with Crippen LogP contribution in [0, 0.1) is 5.92 Å². The van der Waals surface area contributed by atoms with Crippen molar-refractivity contribution in [2.45, 2.75) is 39.3 Å². The van der Waals surface area contributed by atoms with E-state index in [1.807, 2.05) is 0 Å². The highest BCUT2D eigenvalue weighted by Crippen LogP contribution is 2.32. The lowest BCUT2D eigenvalue weighted by atomic mass is 10.1. The Morgan fingerprint density at radius 3 is 2.55 bits per heavy atom. The van der Waals surface area contributed by atoms with E-state index in [1.54, 1.807) is 20.8 Å². The average Bonchev–Trinajstić information content (AvgIpc) is 2.81. The molecule has 7 nitrogen and oxygen atoms in total. The molecule has 8 heteroatoms. The maximum Gasteiger partial charge on any atom is 0.521 e. The number of amides is 2. The summed E-state index contributed by atoms with van der Waals surface area (Å²) < 4.78 is 9.53. The predicted octanol–water partition coefficient (Wildman–Crippen LogP) is 1.31. The number of quaternary nitrogens is 1. The van der Waals surface area contributed by atoms with Crippen LogP contribution < -0.4 is 0 Å². The van der Waals surface area contributed by atoms with Crippen molar-refractivity contribution in [2.75, 3.05) is 25.5 Å². The molecule has 1 saturated heterocycles. The highest BCUT2D eigenvalue weighted by atomic mass is 32.1. The molecule has 0 aliphatic carbocycles. The van der Waals surface area contributed by atoms with Gasteiger partial charge in [0.2, 0.25) is 0 Å². The number of carbonyl (C=O) groups is 3. The summed E-state index contributed by atoms with van der Waals surface area (Å²) in [5.41, 5.74) is 0. The zero-order valence-electron chi connectivity index (χ0n) is 13.2. The fraction of sp³-hybridized carbons (Fsp3) is 0.786. The topological polar surface area (TPSA) is 89.9 Å². The molecule has 0 radical (unpaired) electrons. The van der Waals surface area contributed by atoms with Crippen LogP contribution in [0.4, 0.5) is 4.79 Å². The lowest BCUT2D eigenvalue weighted by Gasteiger charge is -2.31. The van der Waals surface area contributed by atoms with Crippen molar-refractivity contribution >= 4 is 30.6 Å². The van der Waals surface area contributed by atoms with Gasteiger partial charge in [-0.15, -0.1) is 0 Å². The van der Waals surface area contributed by atoms with Crippen LogP contribution in [-0.2, 0) is 19.1 Å². The molecule has 0 aromatic rings. The highest BCUT2D eigenvalue weighted by molar-refractivity contribution is 7.80. The summed E-state index contributed by atoms with van der Waals surface area (Å²) in [7, 11) is 0. The Labute approximate surface area is 135 Å². The molecule has 2 amide bonds. The third kappa shape index (κ3) is 3.80. The van der Waals surface area contributed by atoms with E-state index < -0.39 is 34.6 Å². The maximum absolute atomic E-state index is 12.5. The second-order valence-electron chi connectivity index (χ2n) is 5.58.